The van der Waals surface area contributed by atoms with E-state index in [2.05, 4.69) is 10.2 Å². The predicted octanol–water partition coefficient (Wildman–Crippen LogP) is 3.03. The van der Waals surface area contributed by atoms with Crippen LogP contribution in [0.2, 0.25) is 0 Å². The van der Waals surface area contributed by atoms with E-state index in [4.69, 9.17) is 10.2 Å². The Morgan fingerprint density at radius 1 is 1.00 bits per heavy atom. The molecule has 1 N–H and O–H groups in total. The fourth-order valence-electron chi connectivity index (χ4n) is 5.16. The second-order valence-corrected chi connectivity index (χ2v) is 9.14. The molecule has 35 heavy (non-hydrogen) atoms. The summed E-state index contributed by atoms with van der Waals surface area (Å²) in [7, 11) is 0. The van der Waals surface area contributed by atoms with E-state index in [0.29, 0.717) is 60.6 Å². The molecule has 1 atom stereocenters. The van der Waals surface area contributed by atoms with Crippen molar-refractivity contribution >= 4 is 34.2 Å². The van der Waals surface area contributed by atoms with E-state index >= 15 is 0 Å². The second-order valence-electron chi connectivity index (χ2n) is 9.14. The molecule has 3 amide bonds. The van der Waals surface area contributed by atoms with Gasteiger partial charge in [-0.25, -0.2) is 0 Å². The molecule has 3 heterocycles. The number of hydrogen-bond donors (Lipinski definition) is 1. The van der Waals surface area contributed by atoms with E-state index in [1.165, 1.54) is 4.90 Å². The number of piperidine rings is 1. The van der Waals surface area contributed by atoms with Crippen LogP contribution in [0.25, 0.3) is 10.8 Å². The lowest BCUT2D eigenvalue weighted by molar-refractivity contribution is -0.134. The highest BCUT2D eigenvalue weighted by Crippen LogP contribution is 2.41. The number of benzene rings is 3. The summed E-state index contributed by atoms with van der Waals surface area (Å²) < 4.78 is 40.1. The Morgan fingerprint density at radius 2 is 1.77 bits per heavy atom. The van der Waals surface area contributed by atoms with E-state index in [9.17, 15) is 14.4 Å². The predicted molar refractivity (Wildman–Crippen MR) is 132 cm³/mol. The summed E-state index contributed by atoms with van der Waals surface area (Å²) in [6.45, 7) is 2.84. The smallest absolute Gasteiger partial charge is 0.259 e. The summed E-state index contributed by atoms with van der Waals surface area (Å²) in [6, 6.07) is 7.91. The summed E-state index contributed by atoms with van der Waals surface area (Å²) in [6.07, 6.45) is 0.552. The standard InChI is InChI=1S/C28H27N3O4/c32-25-11-10-24(27(33)29-25)31-23-9-8-20(21-2-1-3-22(26(21)23)28(31)34)16-18-4-6-19(7-5-18)17-30-12-14-35-15-13-30/h1-9,24H,10-17H2,(H,29,32,33)/i4D,5D,6D,7D. The van der Waals surface area contributed by atoms with Gasteiger partial charge in [-0.15, -0.1) is 0 Å². The van der Waals surface area contributed by atoms with Gasteiger partial charge in [-0.2, -0.15) is 0 Å². The lowest BCUT2D eigenvalue weighted by Crippen LogP contribution is -2.53. The van der Waals surface area contributed by atoms with Crippen LogP contribution in [0.1, 0.15) is 45.4 Å². The molecule has 0 aliphatic carbocycles. The van der Waals surface area contributed by atoms with E-state index in [1.807, 2.05) is 12.1 Å². The Hall–Kier alpha value is -3.55. The summed E-state index contributed by atoms with van der Waals surface area (Å²) in [4.78, 5) is 41.2. The minimum absolute atomic E-state index is 0.0392. The summed E-state index contributed by atoms with van der Waals surface area (Å²) in [5.74, 6) is -1.15. The highest BCUT2D eigenvalue weighted by molar-refractivity contribution is 6.27. The maximum absolute atomic E-state index is 13.4. The molecule has 0 aromatic heterocycles. The van der Waals surface area contributed by atoms with Crippen LogP contribution in [0.3, 0.4) is 0 Å². The van der Waals surface area contributed by atoms with E-state index in [-0.39, 0.29) is 55.2 Å². The van der Waals surface area contributed by atoms with Gasteiger partial charge >= 0.3 is 0 Å². The fourth-order valence-corrected chi connectivity index (χ4v) is 5.16. The first kappa shape index (κ1) is 17.8. The third-order valence-corrected chi connectivity index (χ3v) is 6.92. The van der Waals surface area contributed by atoms with Crippen LogP contribution in [0.15, 0.2) is 54.5 Å². The Kier molecular flexibility index (Phi) is 4.54. The van der Waals surface area contributed by atoms with Crippen LogP contribution in [-0.4, -0.2) is 55.0 Å². The van der Waals surface area contributed by atoms with Crippen LogP contribution in [0.5, 0.6) is 0 Å². The monoisotopic (exact) mass is 473 g/mol. The molecular formula is C28H27N3O4. The molecule has 7 heteroatoms. The van der Waals surface area contributed by atoms with Crippen molar-refractivity contribution in [1.29, 1.82) is 0 Å². The summed E-state index contributed by atoms with van der Waals surface area (Å²) >= 11 is 0. The van der Waals surface area contributed by atoms with E-state index in [1.54, 1.807) is 18.2 Å². The van der Waals surface area contributed by atoms with Crippen molar-refractivity contribution in [2.45, 2.75) is 31.8 Å². The van der Waals surface area contributed by atoms with Crippen molar-refractivity contribution in [3.63, 3.8) is 0 Å². The molecule has 0 spiro atoms. The van der Waals surface area contributed by atoms with Crippen LogP contribution in [0.4, 0.5) is 5.69 Å². The molecular weight excluding hydrogens is 442 g/mol. The van der Waals surface area contributed by atoms with Gasteiger partial charge in [0.15, 0.2) is 0 Å². The Labute approximate surface area is 209 Å². The second kappa shape index (κ2) is 8.91. The number of rotatable bonds is 5. The van der Waals surface area contributed by atoms with Crippen molar-refractivity contribution in [3.8, 4) is 0 Å². The van der Waals surface area contributed by atoms with Gasteiger partial charge < -0.3 is 4.74 Å². The van der Waals surface area contributed by atoms with Crippen molar-refractivity contribution in [3.05, 3.63) is 76.8 Å². The summed E-state index contributed by atoms with van der Waals surface area (Å²) in [5, 5.41) is 3.76. The largest absolute Gasteiger partial charge is 0.379 e. The zero-order valence-electron chi connectivity index (χ0n) is 23.1. The minimum Gasteiger partial charge on any atom is -0.379 e. The van der Waals surface area contributed by atoms with E-state index < -0.39 is 11.9 Å². The van der Waals surface area contributed by atoms with E-state index in [0.717, 1.165) is 10.9 Å². The fraction of sp³-hybridized carbons (Fsp3) is 0.321. The van der Waals surface area contributed by atoms with Crippen LogP contribution >= 0.6 is 0 Å². The van der Waals surface area contributed by atoms with Crippen LogP contribution < -0.4 is 10.2 Å². The minimum atomic E-state index is -0.785. The molecule has 178 valence electrons. The average molecular weight is 474 g/mol. The molecule has 2 saturated heterocycles. The Morgan fingerprint density at radius 3 is 2.54 bits per heavy atom. The van der Waals surface area contributed by atoms with Crippen LogP contribution in [0, 0.1) is 0 Å². The number of nitrogens with one attached hydrogen (secondary N) is 1. The Bertz CT molecular complexity index is 1520. The van der Waals surface area contributed by atoms with Crippen molar-refractivity contribution in [2.24, 2.45) is 0 Å². The topological polar surface area (TPSA) is 79.0 Å². The number of ether oxygens (including phenoxy) is 1. The van der Waals surface area contributed by atoms with Gasteiger partial charge in [0.05, 0.1) is 24.4 Å². The number of carbonyl (C=O) groups excluding carboxylic acids is 3. The first-order valence-corrected chi connectivity index (χ1v) is 11.9. The zero-order chi connectivity index (χ0) is 27.4. The number of morpholine rings is 1. The molecule has 0 saturated carbocycles. The summed E-state index contributed by atoms with van der Waals surface area (Å²) in [5.41, 5.74) is 2.47. The number of imide groups is 1. The first-order valence-electron chi connectivity index (χ1n) is 13.9. The molecule has 3 aliphatic rings. The molecule has 1 unspecified atom stereocenters. The van der Waals surface area contributed by atoms with Gasteiger partial charge in [-0.3, -0.25) is 29.5 Å². The normalized spacial score (nSPS) is 22.1. The maximum Gasteiger partial charge on any atom is 0.259 e. The number of nitrogens with zero attached hydrogens (tertiary/aromatic N) is 2. The molecule has 0 bridgehead atoms. The van der Waals surface area contributed by atoms with Gasteiger partial charge in [0.2, 0.25) is 11.8 Å². The van der Waals surface area contributed by atoms with Gasteiger partial charge in [0.1, 0.15) is 6.04 Å². The van der Waals surface area contributed by atoms with Gasteiger partial charge in [-0.05, 0) is 47.1 Å². The molecule has 0 radical (unpaired) electrons. The number of hydrogen-bond acceptors (Lipinski definition) is 5. The van der Waals surface area contributed by atoms with Crippen molar-refractivity contribution in [1.82, 2.24) is 10.2 Å². The third kappa shape index (κ3) is 4.00. The molecule has 2 fully saturated rings. The SMILES string of the molecule is [2H]c1c([2H])c(CN2CCOCC2)c([2H])c([2H])c1Cc1ccc2c3c(cccc13)C(=O)N2C1CCC(=O)NC1=O. The molecule has 3 aromatic rings. The van der Waals surface area contributed by atoms with Crippen LogP contribution in [-0.2, 0) is 27.3 Å². The number of anilines is 1. The lowest BCUT2D eigenvalue weighted by atomic mass is 9.95. The average Bonchev–Trinajstić information content (AvgIpc) is 3.22. The highest BCUT2D eigenvalue weighted by Gasteiger charge is 2.40. The first-order chi connectivity index (χ1) is 18.8. The highest BCUT2D eigenvalue weighted by atomic mass is 16.5. The number of carbonyl (C=O) groups is 3. The molecule has 7 nitrogen and oxygen atoms in total. The molecule has 3 aromatic carbocycles. The van der Waals surface area contributed by atoms with Gasteiger partial charge in [0, 0.05) is 37.0 Å². The maximum atomic E-state index is 13.4. The quantitative estimate of drug-likeness (QED) is 0.577. The zero-order valence-corrected chi connectivity index (χ0v) is 19.1. The van der Waals surface area contributed by atoms with Gasteiger partial charge in [0.25, 0.3) is 5.91 Å². The third-order valence-electron chi connectivity index (χ3n) is 6.92. The van der Waals surface area contributed by atoms with Crippen molar-refractivity contribution in [2.75, 3.05) is 31.2 Å². The Balaban J connectivity index is 1.38. The van der Waals surface area contributed by atoms with Gasteiger partial charge in [-0.1, -0.05) is 42.4 Å². The molecule has 3 aliphatic heterocycles. The van der Waals surface area contributed by atoms with Crippen molar-refractivity contribution < 1.29 is 24.6 Å². The number of amides is 3. The lowest BCUT2D eigenvalue weighted by Gasteiger charge is -2.30. The molecule has 6 rings (SSSR count).